The summed E-state index contributed by atoms with van der Waals surface area (Å²) in [4.78, 5) is 0. The lowest BCUT2D eigenvalue weighted by molar-refractivity contribution is 0.463. The van der Waals surface area contributed by atoms with E-state index in [1.54, 1.807) is 0 Å². The molecule has 0 N–H and O–H groups in total. The molecule has 0 atom stereocenters. The van der Waals surface area contributed by atoms with Gasteiger partial charge in [-0.3, -0.25) is 0 Å². The summed E-state index contributed by atoms with van der Waals surface area (Å²) in [6.45, 7) is 9.22. The van der Waals surface area contributed by atoms with Gasteiger partial charge in [0.1, 0.15) is 11.5 Å². The van der Waals surface area contributed by atoms with E-state index in [1.807, 2.05) is 0 Å². The second-order valence-electron chi connectivity index (χ2n) is 12.5. The smallest absolute Gasteiger partial charge is 0.130 e. The van der Waals surface area contributed by atoms with Gasteiger partial charge in [0, 0.05) is 0 Å². The molecule has 0 saturated heterocycles. The minimum atomic E-state index is 1.12. The molecule has 232 valence electrons. The molecule has 2 aromatic rings. The summed E-state index contributed by atoms with van der Waals surface area (Å²) in [6, 6.07) is 13.7. The van der Waals surface area contributed by atoms with Gasteiger partial charge in [0.25, 0.3) is 0 Å². The third-order valence-corrected chi connectivity index (χ3v) is 8.84. The Labute approximate surface area is 256 Å². The Morgan fingerprint density at radius 2 is 0.683 bits per heavy atom. The fourth-order valence-electron chi connectivity index (χ4n) is 6.22. The largest absolute Gasteiger partial charge is 0.457 e. The number of benzene rings is 2. The highest BCUT2D eigenvalue weighted by Crippen LogP contribution is 2.35. The van der Waals surface area contributed by atoms with Gasteiger partial charge in [-0.15, -0.1) is 0 Å². The van der Waals surface area contributed by atoms with E-state index in [4.69, 9.17) is 4.74 Å². The molecule has 2 aromatic carbocycles. The van der Waals surface area contributed by atoms with Crippen molar-refractivity contribution in [3.63, 3.8) is 0 Å². The number of aryl methyl sites for hydroxylation is 2. The van der Waals surface area contributed by atoms with Crippen LogP contribution in [0.3, 0.4) is 0 Å². The van der Waals surface area contributed by atoms with E-state index in [-0.39, 0.29) is 0 Å². The first-order chi connectivity index (χ1) is 20.2. The molecule has 0 aliphatic heterocycles. The van der Waals surface area contributed by atoms with Crippen LogP contribution in [0.4, 0.5) is 0 Å². The van der Waals surface area contributed by atoms with E-state index in [0.717, 1.165) is 24.3 Å². The zero-order valence-corrected chi connectivity index (χ0v) is 27.8. The summed E-state index contributed by atoms with van der Waals surface area (Å²) in [5.41, 5.74) is 6.01. The van der Waals surface area contributed by atoms with Crippen LogP contribution in [0.1, 0.15) is 178 Å². The molecule has 0 aromatic heterocycles. The van der Waals surface area contributed by atoms with Gasteiger partial charge in [0.15, 0.2) is 0 Å². The van der Waals surface area contributed by atoms with Crippen molar-refractivity contribution in [3.8, 4) is 11.5 Å². The highest BCUT2D eigenvalue weighted by molar-refractivity contribution is 5.47. The number of unbranched alkanes of at least 4 members (excludes halogenated alkanes) is 16. The van der Waals surface area contributed by atoms with E-state index >= 15 is 0 Å². The number of rotatable bonds is 26. The Hall–Kier alpha value is -1.76. The first-order valence-electron chi connectivity index (χ1n) is 18.1. The van der Waals surface area contributed by atoms with Crippen LogP contribution in [0, 0.1) is 0 Å². The van der Waals surface area contributed by atoms with Gasteiger partial charge >= 0.3 is 0 Å². The van der Waals surface area contributed by atoms with Gasteiger partial charge in [-0.2, -0.15) is 0 Å². The minimum absolute atomic E-state index is 1.12. The molecule has 0 heterocycles. The summed E-state index contributed by atoms with van der Waals surface area (Å²) in [6.07, 6.45) is 31.3. The predicted molar refractivity (Wildman–Crippen MR) is 183 cm³/mol. The fraction of sp³-hybridized carbons (Fsp3) is 0.700. The lowest BCUT2D eigenvalue weighted by Crippen LogP contribution is -2.03. The van der Waals surface area contributed by atoms with E-state index in [2.05, 4.69) is 64.1 Å². The molecule has 0 bridgehead atoms. The molecule has 0 spiro atoms. The Bertz CT molecular complexity index is 824. The van der Waals surface area contributed by atoms with Crippen molar-refractivity contribution in [2.45, 2.75) is 182 Å². The van der Waals surface area contributed by atoms with Crippen molar-refractivity contribution in [1.29, 1.82) is 0 Å². The molecule has 41 heavy (non-hydrogen) atoms. The monoisotopic (exact) mass is 563 g/mol. The van der Waals surface area contributed by atoms with Crippen LogP contribution in [0.5, 0.6) is 11.5 Å². The van der Waals surface area contributed by atoms with E-state index in [0.29, 0.717) is 0 Å². The van der Waals surface area contributed by atoms with Crippen LogP contribution in [0.15, 0.2) is 36.4 Å². The summed E-state index contributed by atoms with van der Waals surface area (Å²) in [5.74, 6) is 2.24. The Morgan fingerprint density at radius 1 is 0.366 bits per heavy atom. The van der Waals surface area contributed by atoms with Crippen LogP contribution < -0.4 is 4.74 Å². The van der Waals surface area contributed by atoms with Crippen molar-refractivity contribution in [2.75, 3.05) is 0 Å². The molecule has 2 rings (SSSR count). The molecule has 1 nitrogen and oxygen atoms in total. The third kappa shape index (κ3) is 14.8. The molecule has 0 saturated carbocycles. The van der Waals surface area contributed by atoms with Crippen LogP contribution in [0.2, 0.25) is 0 Å². The van der Waals surface area contributed by atoms with Crippen molar-refractivity contribution in [2.24, 2.45) is 0 Å². The lowest BCUT2D eigenvalue weighted by Gasteiger charge is -2.19. The zero-order valence-electron chi connectivity index (χ0n) is 27.8. The second-order valence-corrected chi connectivity index (χ2v) is 12.5. The first-order valence-corrected chi connectivity index (χ1v) is 18.1. The highest BCUT2D eigenvalue weighted by Gasteiger charge is 2.15. The molecular weight excluding hydrogens is 496 g/mol. The Morgan fingerprint density at radius 3 is 1.07 bits per heavy atom. The standard InChI is InChI=1S/C40H66O/c1-5-9-13-15-17-19-23-31-37-35(27-21-11-7-3)29-25-33-39(37)41-40-34-26-30-36(28-22-12-8-4)38(40)32-24-20-18-16-14-10-6-2/h25-26,29-30,33-34H,5-24,27-28,31-32H2,1-4H3. The quantitative estimate of drug-likeness (QED) is 0.104. The van der Waals surface area contributed by atoms with Crippen molar-refractivity contribution < 1.29 is 4.74 Å². The highest BCUT2D eigenvalue weighted by atomic mass is 16.5. The van der Waals surface area contributed by atoms with Gasteiger partial charge in [0.2, 0.25) is 0 Å². The van der Waals surface area contributed by atoms with Crippen molar-refractivity contribution >= 4 is 0 Å². The van der Waals surface area contributed by atoms with Crippen molar-refractivity contribution in [1.82, 2.24) is 0 Å². The van der Waals surface area contributed by atoms with Crippen LogP contribution in [-0.4, -0.2) is 0 Å². The molecule has 0 amide bonds. The summed E-state index contributed by atoms with van der Waals surface area (Å²) in [5, 5.41) is 0. The Kier molecular flexibility index (Phi) is 20.5. The number of ether oxygens (including phenoxy) is 1. The minimum Gasteiger partial charge on any atom is -0.457 e. The van der Waals surface area contributed by atoms with E-state index in [1.165, 1.54) is 164 Å². The molecule has 0 aliphatic rings. The summed E-state index contributed by atoms with van der Waals surface area (Å²) >= 11 is 0. The lowest BCUT2D eigenvalue weighted by atomic mass is 9.94. The molecular formula is C40H66O. The summed E-state index contributed by atoms with van der Waals surface area (Å²) in [7, 11) is 0. The second kappa shape index (κ2) is 23.8. The maximum atomic E-state index is 6.95. The SMILES string of the molecule is CCCCCCCCCc1c(CCCCC)cccc1Oc1cccc(CCCCC)c1CCCCCCCCC. The van der Waals surface area contributed by atoms with Crippen LogP contribution >= 0.6 is 0 Å². The molecule has 0 radical (unpaired) electrons. The average Bonchev–Trinajstić information content (AvgIpc) is 2.98. The topological polar surface area (TPSA) is 9.23 Å². The van der Waals surface area contributed by atoms with Gasteiger partial charge in [-0.25, -0.2) is 0 Å². The van der Waals surface area contributed by atoms with Gasteiger partial charge in [0.05, 0.1) is 0 Å². The third-order valence-electron chi connectivity index (χ3n) is 8.84. The van der Waals surface area contributed by atoms with Crippen LogP contribution in [-0.2, 0) is 25.7 Å². The van der Waals surface area contributed by atoms with Gasteiger partial charge < -0.3 is 4.74 Å². The maximum absolute atomic E-state index is 6.95. The van der Waals surface area contributed by atoms with E-state index in [9.17, 15) is 0 Å². The van der Waals surface area contributed by atoms with Gasteiger partial charge in [-0.1, -0.05) is 155 Å². The van der Waals surface area contributed by atoms with Crippen molar-refractivity contribution in [3.05, 3.63) is 58.7 Å². The molecule has 0 aliphatic carbocycles. The Balaban J connectivity index is 2.20. The van der Waals surface area contributed by atoms with Gasteiger partial charge in [-0.05, 0) is 85.8 Å². The molecule has 0 fully saturated rings. The normalized spacial score (nSPS) is 11.3. The summed E-state index contributed by atoms with van der Waals surface area (Å²) < 4.78 is 6.95. The predicted octanol–water partition coefficient (Wildman–Crippen LogP) is 13.5. The zero-order chi connectivity index (χ0) is 29.4. The molecule has 1 heteroatoms. The number of hydrogen-bond acceptors (Lipinski definition) is 1. The maximum Gasteiger partial charge on any atom is 0.130 e. The number of hydrogen-bond donors (Lipinski definition) is 0. The fourth-order valence-corrected chi connectivity index (χ4v) is 6.22. The average molecular weight is 563 g/mol. The first kappa shape index (κ1) is 35.4. The van der Waals surface area contributed by atoms with Crippen LogP contribution in [0.25, 0.3) is 0 Å². The van der Waals surface area contributed by atoms with E-state index < -0.39 is 0 Å². The molecule has 0 unspecified atom stereocenters.